The van der Waals surface area contributed by atoms with E-state index in [9.17, 15) is 8.42 Å². The maximum Gasteiger partial charge on any atom is 0.147 e. The molecule has 0 heterocycles. The van der Waals surface area contributed by atoms with Crippen molar-refractivity contribution in [1.29, 1.82) is 0 Å². The largest absolute Gasteiger partial charge is 0.382 e. The molecule has 16 heavy (non-hydrogen) atoms. The molecule has 0 saturated heterocycles. The molecule has 0 aliphatic carbocycles. The van der Waals surface area contributed by atoms with Crippen LogP contribution in [0.1, 0.15) is 12.8 Å². The quantitative estimate of drug-likeness (QED) is 0.528. The summed E-state index contributed by atoms with van der Waals surface area (Å²) in [5.74, 6) is 0.254. The molecule has 0 saturated carbocycles. The molecule has 0 aliphatic heterocycles. The number of hydrogen-bond donors (Lipinski definition) is 1. The molecule has 0 fully saturated rings. The van der Waals surface area contributed by atoms with Crippen LogP contribution in [-0.2, 0) is 19.3 Å². The third kappa shape index (κ3) is 13.8. The second-order valence-electron chi connectivity index (χ2n) is 3.69. The van der Waals surface area contributed by atoms with Gasteiger partial charge in [-0.3, -0.25) is 0 Å². The molecule has 0 aliphatic rings. The summed E-state index contributed by atoms with van der Waals surface area (Å²) in [5.41, 5.74) is 0. The van der Waals surface area contributed by atoms with E-state index in [4.69, 9.17) is 9.47 Å². The fourth-order valence-corrected chi connectivity index (χ4v) is 1.80. The van der Waals surface area contributed by atoms with E-state index in [0.717, 1.165) is 19.5 Å². The van der Waals surface area contributed by atoms with Gasteiger partial charge in [0, 0.05) is 20.0 Å². The van der Waals surface area contributed by atoms with Crippen molar-refractivity contribution in [1.82, 2.24) is 5.32 Å². The van der Waals surface area contributed by atoms with Crippen molar-refractivity contribution in [2.75, 3.05) is 52.0 Å². The van der Waals surface area contributed by atoms with E-state index in [1.165, 1.54) is 6.26 Å². The highest BCUT2D eigenvalue weighted by Crippen LogP contribution is 1.87. The van der Waals surface area contributed by atoms with Crippen molar-refractivity contribution in [3.63, 3.8) is 0 Å². The van der Waals surface area contributed by atoms with Crippen LogP contribution in [0.5, 0.6) is 0 Å². The topological polar surface area (TPSA) is 64.6 Å². The predicted molar refractivity (Wildman–Crippen MR) is 64.5 cm³/mol. The average Bonchev–Trinajstić information content (AvgIpc) is 2.19. The summed E-state index contributed by atoms with van der Waals surface area (Å²) in [4.78, 5) is 0. The molecular weight excluding hydrogens is 230 g/mol. The highest BCUT2D eigenvalue weighted by molar-refractivity contribution is 7.90. The summed E-state index contributed by atoms with van der Waals surface area (Å²) < 4.78 is 31.7. The van der Waals surface area contributed by atoms with Gasteiger partial charge in [-0.05, 0) is 25.9 Å². The standard InChI is InChI=1S/C10H23NO4S/c1-14-8-9-15-7-3-5-11-6-4-10-16(2,12)13/h11H,3-10H2,1-2H3. The van der Waals surface area contributed by atoms with Gasteiger partial charge in [0.1, 0.15) is 9.84 Å². The molecule has 0 spiro atoms. The van der Waals surface area contributed by atoms with Crippen molar-refractivity contribution in [3.8, 4) is 0 Å². The molecule has 1 N–H and O–H groups in total. The number of ether oxygens (including phenoxy) is 2. The summed E-state index contributed by atoms with van der Waals surface area (Å²) in [6, 6.07) is 0. The van der Waals surface area contributed by atoms with E-state index in [2.05, 4.69) is 5.32 Å². The monoisotopic (exact) mass is 253 g/mol. The Hall–Kier alpha value is -0.170. The second-order valence-corrected chi connectivity index (χ2v) is 5.95. The SMILES string of the molecule is COCCOCCCNCCCS(C)(=O)=O. The smallest absolute Gasteiger partial charge is 0.147 e. The fraction of sp³-hybridized carbons (Fsp3) is 1.00. The van der Waals surface area contributed by atoms with Crippen LogP contribution >= 0.6 is 0 Å². The Morgan fingerprint density at radius 3 is 2.38 bits per heavy atom. The highest BCUT2D eigenvalue weighted by Gasteiger charge is 2.00. The third-order valence-corrected chi connectivity index (χ3v) is 2.97. The zero-order chi connectivity index (χ0) is 12.3. The second kappa shape index (κ2) is 10.0. The van der Waals surface area contributed by atoms with Crippen LogP contribution in [0.25, 0.3) is 0 Å². The van der Waals surface area contributed by atoms with Crippen molar-refractivity contribution in [2.24, 2.45) is 0 Å². The van der Waals surface area contributed by atoms with Gasteiger partial charge in [0.15, 0.2) is 0 Å². The molecule has 0 atom stereocenters. The van der Waals surface area contributed by atoms with Gasteiger partial charge < -0.3 is 14.8 Å². The van der Waals surface area contributed by atoms with Crippen LogP contribution in [0, 0.1) is 0 Å². The van der Waals surface area contributed by atoms with Gasteiger partial charge in [0.2, 0.25) is 0 Å². The molecule has 0 aromatic heterocycles. The molecule has 0 aromatic rings. The Bertz CT molecular complexity index is 241. The minimum atomic E-state index is -2.81. The molecule has 98 valence electrons. The molecule has 0 unspecified atom stereocenters. The fourth-order valence-electron chi connectivity index (χ4n) is 1.13. The summed E-state index contributed by atoms with van der Waals surface area (Å²) in [5, 5.41) is 3.17. The van der Waals surface area contributed by atoms with Crippen LogP contribution in [0.15, 0.2) is 0 Å². The van der Waals surface area contributed by atoms with Gasteiger partial charge in [0.05, 0.1) is 19.0 Å². The van der Waals surface area contributed by atoms with E-state index in [-0.39, 0.29) is 5.75 Å². The van der Waals surface area contributed by atoms with Gasteiger partial charge >= 0.3 is 0 Å². The van der Waals surface area contributed by atoms with E-state index >= 15 is 0 Å². The van der Waals surface area contributed by atoms with Gasteiger partial charge in [-0.15, -0.1) is 0 Å². The van der Waals surface area contributed by atoms with E-state index < -0.39 is 9.84 Å². The Balaban J connectivity index is 3.05. The number of methoxy groups -OCH3 is 1. The summed E-state index contributed by atoms with van der Waals surface area (Å²) in [7, 11) is -1.16. The van der Waals surface area contributed by atoms with Crippen molar-refractivity contribution in [2.45, 2.75) is 12.8 Å². The summed E-state index contributed by atoms with van der Waals surface area (Å²) in [6.45, 7) is 3.57. The molecule has 6 heteroatoms. The van der Waals surface area contributed by atoms with E-state index in [1.54, 1.807) is 7.11 Å². The number of nitrogens with one attached hydrogen (secondary N) is 1. The normalized spacial score (nSPS) is 11.9. The Labute approximate surface area is 98.4 Å². The third-order valence-electron chi connectivity index (χ3n) is 1.94. The lowest BCUT2D eigenvalue weighted by atomic mass is 10.4. The number of hydrogen-bond acceptors (Lipinski definition) is 5. The van der Waals surface area contributed by atoms with E-state index in [0.29, 0.717) is 26.2 Å². The van der Waals surface area contributed by atoms with Gasteiger partial charge in [-0.2, -0.15) is 0 Å². The van der Waals surface area contributed by atoms with Crippen LogP contribution in [0.4, 0.5) is 0 Å². The molecule has 5 nitrogen and oxygen atoms in total. The first-order valence-corrected chi connectivity index (χ1v) is 7.57. The van der Waals surface area contributed by atoms with Crippen molar-refractivity contribution in [3.05, 3.63) is 0 Å². The highest BCUT2D eigenvalue weighted by atomic mass is 32.2. The van der Waals surface area contributed by atoms with Crippen LogP contribution in [0.2, 0.25) is 0 Å². The zero-order valence-corrected chi connectivity index (χ0v) is 11.0. The Morgan fingerprint density at radius 2 is 1.75 bits per heavy atom. The molecule has 0 amide bonds. The zero-order valence-electron chi connectivity index (χ0n) is 10.2. The van der Waals surface area contributed by atoms with Crippen LogP contribution in [0.3, 0.4) is 0 Å². The first kappa shape index (κ1) is 15.8. The Morgan fingerprint density at radius 1 is 1.06 bits per heavy atom. The molecule has 0 rings (SSSR count). The van der Waals surface area contributed by atoms with Gasteiger partial charge in [-0.1, -0.05) is 0 Å². The molecule has 0 aromatic carbocycles. The minimum Gasteiger partial charge on any atom is -0.382 e. The first-order valence-electron chi connectivity index (χ1n) is 5.51. The lowest BCUT2D eigenvalue weighted by Crippen LogP contribution is -2.20. The van der Waals surface area contributed by atoms with Gasteiger partial charge in [-0.25, -0.2) is 8.42 Å². The van der Waals surface area contributed by atoms with Crippen molar-refractivity contribution >= 4 is 9.84 Å². The van der Waals surface area contributed by atoms with Gasteiger partial charge in [0.25, 0.3) is 0 Å². The number of rotatable bonds is 11. The van der Waals surface area contributed by atoms with Crippen LogP contribution in [-0.4, -0.2) is 60.4 Å². The summed E-state index contributed by atoms with van der Waals surface area (Å²) >= 11 is 0. The average molecular weight is 253 g/mol. The van der Waals surface area contributed by atoms with Crippen molar-refractivity contribution < 1.29 is 17.9 Å². The first-order chi connectivity index (χ1) is 7.56. The minimum absolute atomic E-state index is 0.254. The van der Waals surface area contributed by atoms with Crippen LogP contribution < -0.4 is 5.32 Å². The Kier molecular flexibility index (Phi) is 9.91. The lowest BCUT2D eigenvalue weighted by molar-refractivity contribution is 0.0695. The molecule has 0 radical (unpaired) electrons. The molecular formula is C10H23NO4S. The maximum atomic E-state index is 10.8. The predicted octanol–water partition coefficient (Wildman–Crippen LogP) is 0.0638. The molecule has 0 bridgehead atoms. The number of sulfone groups is 1. The summed E-state index contributed by atoms with van der Waals surface area (Å²) in [6.07, 6.45) is 2.86. The lowest BCUT2D eigenvalue weighted by Gasteiger charge is -2.05. The van der Waals surface area contributed by atoms with E-state index in [1.807, 2.05) is 0 Å². The maximum absolute atomic E-state index is 10.8.